The molecule has 4 heteroatoms. The number of fused-ring (bicyclic) bond motifs is 1. The minimum absolute atomic E-state index is 0.279. The molecule has 0 saturated carbocycles. The van der Waals surface area contributed by atoms with Crippen LogP contribution >= 0.6 is 0 Å². The molecular formula is C21H25N3O. The van der Waals surface area contributed by atoms with Crippen LogP contribution < -0.4 is 0 Å². The second-order valence-electron chi connectivity index (χ2n) is 7.03. The van der Waals surface area contributed by atoms with E-state index in [1.54, 1.807) is 0 Å². The highest BCUT2D eigenvalue weighted by Gasteiger charge is 2.28. The van der Waals surface area contributed by atoms with E-state index < -0.39 is 0 Å². The average molecular weight is 335 g/mol. The first kappa shape index (κ1) is 16.3. The Hall–Kier alpha value is -2.20. The molecule has 0 bridgehead atoms. The van der Waals surface area contributed by atoms with E-state index in [0.717, 1.165) is 44.7 Å². The van der Waals surface area contributed by atoms with Gasteiger partial charge in [-0.05, 0) is 49.1 Å². The number of hydrogen-bond donors (Lipinski definition) is 0. The third kappa shape index (κ3) is 3.59. The molecule has 1 aromatic carbocycles. The van der Waals surface area contributed by atoms with Crippen LogP contribution in [-0.4, -0.2) is 40.3 Å². The second kappa shape index (κ2) is 7.36. The molecule has 3 heterocycles. The lowest BCUT2D eigenvalue weighted by atomic mass is 10.00. The van der Waals surface area contributed by atoms with Gasteiger partial charge >= 0.3 is 0 Å². The van der Waals surface area contributed by atoms with E-state index in [4.69, 9.17) is 0 Å². The maximum Gasteiger partial charge on any atom is 0.224 e. The van der Waals surface area contributed by atoms with Crippen molar-refractivity contribution < 1.29 is 4.79 Å². The van der Waals surface area contributed by atoms with E-state index in [9.17, 15) is 4.79 Å². The molecule has 0 aliphatic carbocycles. The number of nitrogens with zero attached hydrogens (tertiary/aromatic N) is 3. The normalized spacial score (nSPS) is 20.5. The van der Waals surface area contributed by atoms with Gasteiger partial charge in [0.05, 0.1) is 11.7 Å². The van der Waals surface area contributed by atoms with Crippen LogP contribution in [0.5, 0.6) is 0 Å². The Morgan fingerprint density at radius 1 is 1.08 bits per heavy atom. The minimum atomic E-state index is 0.279. The van der Waals surface area contributed by atoms with Crippen LogP contribution in [0, 0.1) is 0 Å². The van der Waals surface area contributed by atoms with Crippen LogP contribution in [0.1, 0.15) is 42.1 Å². The van der Waals surface area contributed by atoms with Crippen LogP contribution in [0.25, 0.3) is 0 Å². The van der Waals surface area contributed by atoms with Crippen LogP contribution in [0.4, 0.5) is 0 Å². The molecule has 130 valence electrons. The third-order valence-electron chi connectivity index (χ3n) is 5.49. The maximum absolute atomic E-state index is 12.7. The highest BCUT2D eigenvalue weighted by atomic mass is 16.2. The van der Waals surface area contributed by atoms with Crippen molar-refractivity contribution in [1.29, 1.82) is 0 Å². The molecule has 4 nitrogen and oxygen atoms in total. The molecule has 25 heavy (non-hydrogen) atoms. The van der Waals surface area contributed by atoms with E-state index >= 15 is 0 Å². The molecule has 0 radical (unpaired) electrons. The Kier molecular flexibility index (Phi) is 4.79. The van der Waals surface area contributed by atoms with Gasteiger partial charge in [-0.3, -0.25) is 14.7 Å². The van der Waals surface area contributed by atoms with Crippen molar-refractivity contribution >= 4 is 5.91 Å². The van der Waals surface area contributed by atoms with Gasteiger partial charge in [0.25, 0.3) is 0 Å². The molecular weight excluding hydrogens is 310 g/mol. The van der Waals surface area contributed by atoms with Crippen molar-refractivity contribution in [2.45, 2.75) is 38.3 Å². The quantitative estimate of drug-likeness (QED) is 0.861. The van der Waals surface area contributed by atoms with Gasteiger partial charge in [-0.2, -0.15) is 0 Å². The summed E-state index contributed by atoms with van der Waals surface area (Å²) in [6, 6.07) is 15.0. The number of pyridine rings is 1. The number of hydrogen-bond acceptors (Lipinski definition) is 3. The lowest BCUT2D eigenvalue weighted by Gasteiger charge is -2.30. The molecule has 2 aliphatic rings. The fourth-order valence-corrected chi connectivity index (χ4v) is 4.11. The number of rotatable bonds is 4. The summed E-state index contributed by atoms with van der Waals surface area (Å²) >= 11 is 0. The third-order valence-corrected chi connectivity index (χ3v) is 5.49. The smallest absolute Gasteiger partial charge is 0.224 e. The van der Waals surface area contributed by atoms with Crippen molar-refractivity contribution in [3.63, 3.8) is 0 Å². The lowest BCUT2D eigenvalue weighted by Crippen LogP contribution is -2.38. The van der Waals surface area contributed by atoms with Crippen molar-refractivity contribution in [1.82, 2.24) is 14.8 Å². The summed E-state index contributed by atoms with van der Waals surface area (Å²) in [7, 11) is 0. The van der Waals surface area contributed by atoms with Crippen molar-refractivity contribution in [2.75, 3.05) is 19.6 Å². The molecule has 0 N–H and O–H groups in total. The predicted octanol–water partition coefficient (Wildman–Crippen LogP) is 3.19. The predicted molar refractivity (Wildman–Crippen MR) is 98.0 cm³/mol. The number of benzene rings is 1. The van der Waals surface area contributed by atoms with Gasteiger partial charge < -0.3 is 4.90 Å². The van der Waals surface area contributed by atoms with Gasteiger partial charge in [-0.1, -0.05) is 30.3 Å². The molecule has 4 rings (SSSR count). The molecule has 1 saturated heterocycles. The van der Waals surface area contributed by atoms with E-state index in [2.05, 4.69) is 46.3 Å². The fraction of sp³-hybridized carbons (Fsp3) is 0.429. The summed E-state index contributed by atoms with van der Waals surface area (Å²) in [6.07, 6.45) is 5.77. The summed E-state index contributed by atoms with van der Waals surface area (Å²) in [4.78, 5) is 21.7. The van der Waals surface area contributed by atoms with Gasteiger partial charge in [0.2, 0.25) is 5.91 Å². The zero-order valence-corrected chi connectivity index (χ0v) is 14.6. The molecule has 1 amide bonds. The van der Waals surface area contributed by atoms with E-state index in [0.29, 0.717) is 12.5 Å². The monoisotopic (exact) mass is 335 g/mol. The Bertz CT molecular complexity index is 731. The zero-order valence-electron chi connectivity index (χ0n) is 14.6. The number of amides is 1. The summed E-state index contributed by atoms with van der Waals surface area (Å²) in [5.74, 6) is 0.279. The van der Waals surface area contributed by atoms with Crippen LogP contribution in [0.3, 0.4) is 0 Å². The molecule has 1 fully saturated rings. The van der Waals surface area contributed by atoms with Gasteiger partial charge in [-0.25, -0.2) is 0 Å². The zero-order chi connectivity index (χ0) is 17.1. The average Bonchev–Trinajstić information content (AvgIpc) is 3.15. The second-order valence-corrected chi connectivity index (χ2v) is 7.03. The molecule has 1 aromatic heterocycles. The van der Waals surface area contributed by atoms with Gasteiger partial charge in [0, 0.05) is 32.3 Å². The van der Waals surface area contributed by atoms with Crippen molar-refractivity contribution in [3.8, 4) is 0 Å². The highest BCUT2D eigenvalue weighted by molar-refractivity contribution is 5.76. The van der Waals surface area contributed by atoms with Crippen LogP contribution in [-0.2, 0) is 17.8 Å². The highest BCUT2D eigenvalue weighted by Crippen LogP contribution is 2.30. The van der Waals surface area contributed by atoms with Crippen molar-refractivity contribution in [2.24, 2.45) is 0 Å². The topological polar surface area (TPSA) is 36.4 Å². The van der Waals surface area contributed by atoms with Gasteiger partial charge in [0.1, 0.15) is 0 Å². The summed E-state index contributed by atoms with van der Waals surface area (Å²) in [5, 5.41) is 0. The molecule has 1 atom stereocenters. The fourth-order valence-electron chi connectivity index (χ4n) is 4.11. The Labute approximate surface area is 149 Å². The number of likely N-dealkylation sites (tertiary alicyclic amines) is 1. The Morgan fingerprint density at radius 2 is 1.92 bits per heavy atom. The molecule has 0 spiro atoms. The molecule has 0 unspecified atom stereocenters. The standard InChI is InChI=1S/C21H25N3O/c25-21(24-14-10-17-6-1-2-7-18(17)16-24)11-15-23-13-5-9-20(23)19-8-3-4-12-22-19/h1-4,6-8,12,20H,5,9-11,13-16H2/t20-/m0/s1. The minimum Gasteiger partial charge on any atom is -0.338 e. The first-order valence-corrected chi connectivity index (χ1v) is 9.31. The first-order valence-electron chi connectivity index (χ1n) is 9.31. The lowest BCUT2D eigenvalue weighted by molar-refractivity contribution is -0.132. The molecule has 2 aromatic rings. The largest absolute Gasteiger partial charge is 0.338 e. The van der Waals surface area contributed by atoms with E-state index in [1.165, 1.54) is 17.5 Å². The summed E-state index contributed by atoms with van der Waals surface area (Å²) in [5.41, 5.74) is 3.83. The van der Waals surface area contributed by atoms with Crippen LogP contribution in [0.15, 0.2) is 48.7 Å². The van der Waals surface area contributed by atoms with Gasteiger partial charge in [0.15, 0.2) is 0 Å². The van der Waals surface area contributed by atoms with Crippen LogP contribution in [0.2, 0.25) is 0 Å². The summed E-state index contributed by atoms with van der Waals surface area (Å²) in [6.45, 7) is 3.51. The Morgan fingerprint density at radius 3 is 2.76 bits per heavy atom. The van der Waals surface area contributed by atoms with Crippen molar-refractivity contribution in [3.05, 3.63) is 65.5 Å². The number of aromatic nitrogens is 1. The van der Waals surface area contributed by atoms with E-state index in [1.807, 2.05) is 17.2 Å². The van der Waals surface area contributed by atoms with E-state index in [-0.39, 0.29) is 5.91 Å². The Balaban J connectivity index is 1.34. The number of carbonyl (C=O) groups is 1. The maximum atomic E-state index is 12.7. The number of carbonyl (C=O) groups excluding carboxylic acids is 1. The summed E-state index contributed by atoms with van der Waals surface area (Å²) < 4.78 is 0. The SMILES string of the molecule is O=C(CCN1CCC[C@H]1c1ccccn1)N1CCc2ccccc2C1. The molecule has 2 aliphatic heterocycles. The first-order chi connectivity index (χ1) is 12.3. The van der Waals surface area contributed by atoms with Gasteiger partial charge in [-0.15, -0.1) is 0 Å².